The molecule has 1 aromatic carbocycles. The molecule has 1 heterocycles. The number of nitrogens with one attached hydrogen (secondary N) is 1. The Hall–Kier alpha value is -2.36. The van der Waals surface area contributed by atoms with Crippen LogP contribution in [0.3, 0.4) is 0 Å². The molecule has 2 aromatic rings. The van der Waals surface area contributed by atoms with Crippen LogP contribution < -0.4 is 5.32 Å². The number of aryl methyl sites for hydroxylation is 1. The van der Waals surface area contributed by atoms with Crippen molar-refractivity contribution in [2.45, 2.75) is 20.4 Å². The van der Waals surface area contributed by atoms with Crippen molar-refractivity contribution in [1.82, 2.24) is 4.57 Å². The number of rotatable bonds is 4. The SMILES string of the molecule is CC(=O)c1ccn(CC(=O)Nc2ccc(C)cc2)c1. The second kappa shape index (κ2) is 5.52. The van der Waals surface area contributed by atoms with Crippen LogP contribution in [0.5, 0.6) is 0 Å². The van der Waals surface area contributed by atoms with Crippen LogP contribution in [0.2, 0.25) is 0 Å². The van der Waals surface area contributed by atoms with Gasteiger partial charge >= 0.3 is 0 Å². The fraction of sp³-hybridized carbons (Fsp3) is 0.200. The van der Waals surface area contributed by atoms with Crippen molar-refractivity contribution in [3.8, 4) is 0 Å². The summed E-state index contributed by atoms with van der Waals surface area (Å²) in [4.78, 5) is 23.0. The lowest BCUT2D eigenvalue weighted by Gasteiger charge is -2.06. The first-order valence-electron chi connectivity index (χ1n) is 6.08. The molecule has 4 heteroatoms. The van der Waals surface area contributed by atoms with Crippen molar-refractivity contribution >= 4 is 17.4 Å². The lowest BCUT2D eigenvalue weighted by molar-refractivity contribution is -0.116. The smallest absolute Gasteiger partial charge is 0.244 e. The van der Waals surface area contributed by atoms with E-state index in [2.05, 4.69) is 5.32 Å². The van der Waals surface area contributed by atoms with Crippen molar-refractivity contribution < 1.29 is 9.59 Å². The summed E-state index contributed by atoms with van der Waals surface area (Å²) in [5.74, 6) is -0.118. The highest BCUT2D eigenvalue weighted by molar-refractivity contribution is 5.94. The van der Waals surface area contributed by atoms with Crippen molar-refractivity contribution in [3.05, 3.63) is 53.9 Å². The number of hydrogen-bond acceptors (Lipinski definition) is 2. The number of amides is 1. The molecule has 0 aliphatic heterocycles. The van der Waals surface area contributed by atoms with Crippen molar-refractivity contribution in [3.63, 3.8) is 0 Å². The minimum atomic E-state index is -0.116. The first kappa shape index (κ1) is 13.1. The van der Waals surface area contributed by atoms with Crippen molar-refractivity contribution in [2.75, 3.05) is 5.32 Å². The summed E-state index contributed by atoms with van der Waals surface area (Å²) in [6.07, 6.45) is 3.41. The Balaban J connectivity index is 1.97. The molecule has 0 saturated heterocycles. The molecular weight excluding hydrogens is 240 g/mol. The van der Waals surface area contributed by atoms with Crippen LogP contribution in [0.1, 0.15) is 22.8 Å². The van der Waals surface area contributed by atoms with E-state index in [9.17, 15) is 9.59 Å². The molecule has 0 bridgehead atoms. The standard InChI is InChI=1S/C15H16N2O2/c1-11-3-5-14(6-4-11)16-15(19)10-17-8-7-13(9-17)12(2)18/h3-9H,10H2,1-2H3,(H,16,19). The van der Waals surface area contributed by atoms with Crippen LogP contribution in [-0.4, -0.2) is 16.3 Å². The van der Waals surface area contributed by atoms with Gasteiger partial charge in [0.1, 0.15) is 6.54 Å². The lowest BCUT2D eigenvalue weighted by Crippen LogP contribution is -2.17. The molecule has 1 amide bonds. The second-order valence-corrected chi connectivity index (χ2v) is 4.54. The Bertz CT molecular complexity index is 597. The average Bonchev–Trinajstić information content (AvgIpc) is 2.80. The van der Waals surface area contributed by atoms with E-state index in [1.165, 1.54) is 6.92 Å². The van der Waals surface area contributed by atoms with Gasteiger partial charge in [-0.15, -0.1) is 0 Å². The van der Waals surface area contributed by atoms with E-state index < -0.39 is 0 Å². The summed E-state index contributed by atoms with van der Waals surface area (Å²) in [5, 5.41) is 2.81. The summed E-state index contributed by atoms with van der Waals surface area (Å²) in [6, 6.07) is 9.33. The van der Waals surface area contributed by atoms with Gasteiger partial charge in [0.05, 0.1) is 0 Å². The molecule has 0 radical (unpaired) electrons. The third kappa shape index (κ3) is 3.55. The number of carbonyl (C=O) groups is 2. The Morgan fingerprint density at radius 2 is 1.84 bits per heavy atom. The quantitative estimate of drug-likeness (QED) is 0.855. The summed E-state index contributed by atoms with van der Waals surface area (Å²) in [7, 11) is 0. The van der Waals surface area contributed by atoms with E-state index in [1.807, 2.05) is 31.2 Å². The fourth-order valence-corrected chi connectivity index (χ4v) is 1.75. The molecule has 0 aliphatic rings. The number of aromatic nitrogens is 1. The molecule has 0 aliphatic carbocycles. The van der Waals surface area contributed by atoms with Gasteiger partial charge in [-0.1, -0.05) is 17.7 Å². The normalized spacial score (nSPS) is 10.2. The van der Waals surface area contributed by atoms with Gasteiger partial charge in [-0.05, 0) is 32.0 Å². The first-order chi connectivity index (χ1) is 9.04. The van der Waals surface area contributed by atoms with E-state index in [0.717, 1.165) is 11.3 Å². The lowest BCUT2D eigenvalue weighted by atomic mass is 10.2. The average molecular weight is 256 g/mol. The highest BCUT2D eigenvalue weighted by Gasteiger charge is 2.06. The zero-order valence-electron chi connectivity index (χ0n) is 11.0. The van der Waals surface area contributed by atoms with Crippen LogP contribution in [0.25, 0.3) is 0 Å². The van der Waals surface area contributed by atoms with E-state index >= 15 is 0 Å². The highest BCUT2D eigenvalue weighted by Crippen LogP contribution is 2.09. The number of anilines is 1. The molecule has 0 fully saturated rings. The second-order valence-electron chi connectivity index (χ2n) is 4.54. The Morgan fingerprint density at radius 3 is 2.42 bits per heavy atom. The zero-order valence-corrected chi connectivity index (χ0v) is 11.0. The van der Waals surface area contributed by atoms with E-state index in [0.29, 0.717) is 5.56 Å². The van der Waals surface area contributed by atoms with Gasteiger partial charge in [-0.25, -0.2) is 0 Å². The molecule has 0 unspecified atom stereocenters. The molecule has 0 atom stereocenters. The van der Waals surface area contributed by atoms with Gasteiger partial charge in [0.2, 0.25) is 5.91 Å². The van der Waals surface area contributed by atoms with Crippen LogP contribution in [0, 0.1) is 6.92 Å². The Labute approximate surface area is 112 Å². The molecule has 0 saturated carbocycles. The zero-order chi connectivity index (χ0) is 13.8. The third-order valence-electron chi connectivity index (χ3n) is 2.82. The summed E-state index contributed by atoms with van der Waals surface area (Å²) < 4.78 is 1.69. The number of carbonyl (C=O) groups excluding carboxylic acids is 2. The first-order valence-corrected chi connectivity index (χ1v) is 6.08. The van der Waals surface area contributed by atoms with E-state index in [-0.39, 0.29) is 18.2 Å². The minimum absolute atomic E-state index is 0.00214. The highest BCUT2D eigenvalue weighted by atomic mass is 16.2. The number of ketones is 1. The molecule has 1 N–H and O–H groups in total. The summed E-state index contributed by atoms with van der Waals surface area (Å²) in [5.41, 5.74) is 2.53. The molecular formula is C15H16N2O2. The third-order valence-corrected chi connectivity index (χ3v) is 2.82. The van der Waals surface area contributed by atoms with Gasteiger partial charge < -0.3 is 9.88 Å². The molecule has 98 valence electrons. The molecule has 1 aromatic heterocycles. The Morgan fingerprint density at radius 1 is 1.16 bits per heavy atom. The molecule has 0 spiro atoms. The monoisotopic (exact) mass is 256 g/mol. The van der Waals surface area contributed by atoms with Crippen LogP contribution in [0.15, 0.2) is 42.7 Å². The van der Waals surface area contributed by atoms with Gasteiger partial charge in [0.15, 0.2) is 5.78 Å². The number of benzene rings is 1. The predicted octanol–water partition coefficient (Wildman–Crippen LogP) is 2.64. The van der Waals surface area contributed by atoms with Gasteiger partial charge in [0, 0.05) is 23.6 Å². The summed E-state index contributed by atoms with van der Waals surface area (Å²) >= 11 is 0. The molecule has 4 nitrogen and oxygen atoms in total. The van der Waals surface area contributed by atoms with Crippen LogP contribution in [-0.2, 0) is 11.3 Å². The van der Waals surface area contributed by atoms with E-state index in [1.54, 1.807) is 23.0 Å². The minimum Gasteiger partial charge on any atom is -0.344 e. The van der Waals surface area contributed by atoms with E-state index in [4.69, 9.17) is 0 Å². The molecule has 2 rings (SSSR count). The van der Waals surface area contributed by atoms with Crippen molar-refractivity contribution in [1.29, 1.82) is 0 Å². The largest absolute Gasteiger partial charge is 0.344 e. The number of hydrogen-bond donors (Lipinski definition) is 1. The topological polar surface area (TPSA) is 51.1 Å². The Kier molecular flexibility index (Phi) is 3.80. The maximum Gasteiger partial charge on any atom is 0.244 e. The maximum atomic E-state index is 11.8. The van der Waals surface area contributed by atoms with Crippen molar-refractivity contribution in [2.24, 2.45) is 0 Å². The van der Waals surface area contributed by atoms with Crippen LogP contribution in [0.4, 0.5) is 5.69 Å². The van der Waals surface area contributed by atoms with Gasteiger partial charge in [0.25, 0.3) is 0 Å². The van der Waals surface area contributed by atoms with Crippen LogP contribution >= 0.6 is 0 Å². The fourth-order valence-electron chi connectivity index (χ4n) is 1.75. The number of Topliss-reactive ketones (excluding diaryl/α,β-unsaturated/α-hetero) is 1. The predicted molar refractivity (Wildman–Crippen MR) is 74.2 cm³/mol. The molecule has 19 heavy (non-hydrogen) atoms. The summed E-state index contributed by atoms with van der Waals surface area (Å²) in [6.45, 7) is 3.70. The van der Waals surface area contributed by atoms with Gasteiger partial charge in [-0.3, -0.25) is 9.59 Å². The van der Waals surface area contributed by atoms with Gasteiger partial charge in [-0.2, -0.15) is 0 Å². The number of nitrogens with zero attached hydrogens (tertiary/aromatic N) is 1. The maximum absolute atomic E-state index is 11.8.